The molecule has 0 saturated heterocycles. The fourth-order valence-electron chi connectivity index (χ4n) is 1.73. The topological polar surface area (TPSA) is 67.6 Å². The van der Waals surface area contributed by atoms with Crippen LogP contribution in [0.25, 0.3) is 0 Å². The molecule has 0 unspecified atom stereocenters. The molecule has 3 N–H and O–H groups in total. The molecule has 5 heteroatoms. The van der Waals surface area contributed by atoms with E-state index in [2.05, 4.69) is 24.1 Å². The quantitative estimate of drug-likeness (QED) is 0.734. The number of amides is 1. The van der Waals surface area contributed by atoms with Crippen LogP contribution in [-0.4, -0.2) is 43.7 Å². The Morgan fingerprint density at radius 3 is 2.79 bits per heavy atom. The normalized spacial score (nSPS) is 11.0. The summed E-state index contributed by atoms with van der Waals surface area (Å²) in [6, 6.07) is 7.46. The molecule has 0 aliphatic heterocycles. The second-order valence-corrected chi connectivity index (χ2v) is 4.73. The van der Waals surface area contributed by atoms with Gasteiger partial charge < -0.3 is 15.8 Å². The van der Waals surface area contributed by atoms with E-state index in [0.29, 0.717) is 24.9 Å². The molecule has 1 amide bonds. The predicted molar refractivity (Wildman–Crippen MR) is 78.1 cm³/mol. The highest BCUT2D eigenvalue weighted by molar-refractivity contribution is 5.92. The Balaban J connectivity index is 2.52. The summed E-state index contributed by atoms with van der Waals surface area (Å²) in [7, 11) is 1.66. The van der Waals surface area contributed by atoms with Crippen molar-refractivity contribution in [3.8, 4) is 0 Å². The Morgan fingerprint density at radius 2 is 2.21 bits per heavy atom. The summed E-state index contributed by atoms with van der Waals surface area (Å²) in [5.74, 6) is -0.0459. The Kier molecular flexibility index (Phi) is 6.32. The molecule has 0 atom stereocenters. The van der Waals surface area contributed by atoms with Crippen molar-refractivity contribution in [2.45, 2.75) is 19.9 Å². The van der Waals surface area contributed by atoms with Gasteiger partial charge in [0.25, 0.3) is 0 Å². The zero-order chi connectivity index (χ0) is 14.3. The number of ether oxygens (including phenoxy) is 1. The molecule has 0 bridgehead atoms. The molecule has 106 valence electrons. The summed E-state index contributed by atoms with van der Waals surface area (Å²) in [6.45, 7) is 5.81. The van der Waals surface area contributed by atoms with Crippen LogP contribution in [0, 0.1) is 0 Å². The van der Waals surface area contributed by atoms with E-state index < -0.39 is 0 Å². The molecule has 19 heavy (non-hydrogen) atoms. The summed E-state index contributed by atoms with van der Waals surface area (Å²) in [6.07, 6.45) is 0. The summed E-state index contributed by atoms with van der Waals surface area (Å²) < 4.78 is 5.05. The summed E-state index contributed by atoms with van der Waals surface area (Å²) in [4.78, 5) is 14.0. The minimum atomic E-state index is -0.0459. The zero-order valence-corrected chi connectivity index (χ0v) is 11.8. The average molecular weight is 265 g/mol. The molecule has 1 aromatic rings. The van der Waals surface area contributed by atoms with Crippen LogP contribution in [0.2, 0.25) is 0 Å². The fraction of sp³-hybridized carbons (Fsp3) is 0.500. The number of hydrogen-bond acceptors (Lipinski definition) is 4. The third-order valence-electron chi connectivity index (χ3n) is 2.83. The zero-order valence-electron chi connectivity index (χ0n) is 11.8. The Hall–Kier alpha value is -1.59. The van der Waals surface area contributed by atoms with Gasteiger partial charge in [-0.2, -0.15) is 0 Å². The summed E-state index contributed by atoms with van der Waals surface area (Å²) >= 11 is 0. The standard InChI is InChI=1S/C14H23N3O2/c1-11(2)17(7-8-19-3)10-14(18)16-13-6-4-5-12(15)9-13/h4-6,9,11H,7-8,10,15H2,1-3H3,(H,16,18). The number of carbonyl (C=O) groups is 1. The molecule has 0 saturated carbocycles. The van der Waals surface area contributed by atoms with Crippen LogP contribution in [0.15, 0.2) is 24.3 Å². The lowest BCUT2D eigenvalue weighted by Crippen LogP contribution is -2.40. The number of nitrogen functional groups attached to an aromatic ring is 1. The van der Waals surface area contributed by atoms with E-state index in [1.807, 2.05) is 12.1 Å². The molecule has 0 heterocycles. The first-order valence-electron chi connectivity index (χ1n) is 6.41. The van der Waals surface area contributed by atoms with Crippen molar-refractivity contribution in [1.82, 2.24) is 4.90 Å². The molecule has 0 aromatic heterocycles. The van der Waals surface area contributed by atoms with Crippen molar-refractivity contribution in [2.24, 2.45) is 0 Å². The van der Waals surface area contributed by atoms with E-state index >= 15 is 0 Å². The van der Waals surface area contributed by atoms with Crippen molar-refractivity contribution in [2.75, 3.05) is 37.9 Å². The second kappa shape index (κ2) is 7.76. The van der Waals surface area contributed by atoms with E-state index in [4.69, 9.17) is 10.5 Å². The largest absolute Gasteiger partial charge is 0.399 e. The lowest BCUT2D eigenvalue weighted by atomic mass is 10.2. The van der Waals surface area contributed by atoms with Crippen LogP contribution in [0.4, 0.5) is 11.4 Å². The molecule has 0 radical (unpaired) electrons. The molecule has 1 aromatic carbocycles. The van der Waals surface area contributed by atoms with Crippen LogP contribution in [-0.2, 0) is 9.53 Å². The highest BCUT2D eigenvalue weighted by Gasteiger charge is 2.13. The highest BCUT2D eigenvalue weighted by Crippen LogP contribution is 2.11. The maximum Gasteiger partial charge on any atom is 0.238 e. The summed E-state index contributed by atoms with van der Waals surface area (Å²) in [5, 5.41) is 2.84. The van der Waals surface area contributed by atoms with Crippen LogP contribution < -0.4 is 11.1 Å². The van der Waals surface area contributed by atoms with Gasteiger partial charge in [-0.15, -0.1) is 0 Å². The monoisotopic (exact) mass is 265 g/mol. The van der Waals surface area contributed by atoms with Crippen LogP contribution in [0.1, 0.15) is 13.8 Å². The first-order chi connectivity index (χ1) is 9.02. The molecule has 0 spiro atoms. The molecular weight excluding hydrogens is 242 g/mol. The van der Waals surface area contributed by atoms with Crippen molar-refractivity contribution in [1.29, 1.82) is 0 Å². The molecule has 0 aliphatic carbocycles. The summed E-state index contributed by atoms with van der Waals surface area (Å²) in [5.41, 5.74) is 7.03. The third kappa shape index (κ3) is 5.72. The number of anilines is 2. The van der Waals surface area contributed by atoms with Gasteiger partial charge >= 0.3 is 0 Å². The van der Waals surface area contributed by atoms with Crippen molar-refractivity contribution >= 4 is 17.3 Å². The van der Waals surface area contributed by atoms with Gasteiger partial charge in [-0.1, -0.05) is 6.07 Å². The molecule has 0 aliphatic rings. The smallest absolute Gasteiger partial charge is 0.238 e. The van der Waals surface area contributed by atoms with E-state index in [1.165, 1.54) is 0 Å². The SMILES string of the molecule is COCCN(CC(=O)Nc1cccc(N)c1)C(C)C. The predicted octanol–water partition coefficient (Wildman–Crippen LogP) is 1.56. The maximum atomic E-state index is 12.0. The first-order valence-corrected chi connectivity index (χ1v) is 6.41. The van der Waals surface area contributed by atoms with Crippen molar-refractivity contribution in [3.63, 3.8) is 0 Å². The molecule has 5 nitrogen and oxygen atoms in total. The molecular formula is C14H23N3O2. The van der Waals surface area contributed by atoms with E-state index in [0.717, 1.165) is 12.2 Å². The van der Waals surface area contributed by atoms with Gasteiger partial charge in [0.05, 0.1) is 13.2 Å². The Morgan fingerprint density at radius 1 is 1.47 bits per heavy atom. The van der Waals surface area contributed by atoms with Crippen LogP contribution >= 0.6 is 0 Å². The lowest BCUT2D eigenvalue weighted by Gasteiger charge is -2.25. The van der Waals surface area contributed by atoms with Crippen molar-refractivity contribution in [3.05, 3.63) is 24.3 Å². The Labute approximate surface area is 114 Å². The Bertz CT molecular complexity index is 407. The van der Waals surface area contributed by atoms with Gasteiger partial charge in [0, 0.05) is 31.1 Å². The van der Waals surface area contributed by atoms with E-state index in [-0.39, 0.29) is 5.91 Å². The number of hydrogen-bond donors (Lipinski definition) is 2. The van der Waals surface area contributed by atoms with E-state index in [9.17, 15) is 4.79 Å². The fourth-order valence-corrected chi connectivity index (χ4v) is 1.73. The minimum Gasteiger partial charge on any atom is -0.399 e. The first kappa shape index (κ1) is 15.5. The van der Waals surface area contributed by atoms with Gasteiger partial charge in [-0.25, -0.2) is 0 Å². The van der Waals surface area contributed by atoms with Gasteiger partial charge in [0.2, 0.25) is 5.91 Å². The number of nitrogens with one attached hydrogen (secondary N) is 1. The number of carbonyl (C=O) groups excluding carboxylic acids is 1. The van der Waals surface area contributed by atoms with Gasteiger partial charge in [0.1, 0.15) is 0 Å². The third-order valence-corrected chi connectivity index (χ3v) is 2.83. The number of nitrogens with two attached hydrogens (primary N) is 1. The van der Waals surface area contributed by atoms with E-state index in [1.54, 1.807) is 19.2 Å². The molecule has 0 fully saturated rings. The van der Waals surface area contributed by atoms with Crippen LogP contribution in [0.3, 0.4) is 0 Å². The second-order valence-electron chi connectivity index (χ2n) is 4.73. The van der Waals surface area contributed by atoms with Crippen LogP contribution in [0.5, 0.6) is 0 Å². The maximum absolute atomic E-state index is 12.0. The molecule has 1 rings (SSSR count). The van der Waals surface area contributed by atoms with Gasteiger partial charge in [0.15, 0.2) is 0 Å². The lowest BCUT2D eigenvalue weighted by molar-refractivity contribution is -0.117. The van der Waals surface area contributed by atoms with Crippen molar-refractivity contribution < 1.29 is 9.53 Å². The number of methoxy groups -OCH3 is 1. The van der Waals surface area contributed by atoms with Gasteiger partial charge in [-0.05, 0) is 32.0 Å². The highest BCUT2D eigenvalue weighted by atomic mass is 16.5. The minimum absolute atomic E-state index is 0.0459. The number of rotatable bonds is 7. The van der Waals surface area contributed by atoms with Gasteiger partial charge in [-0.3, -0.25) is 9.69 Å². The average Bonchev–Trinajstić information content (AvgIpc) is 2.34. The number of nitrogens with zero attached hydrogens (tertiary/aromatic N) is 1. The number of benzene rings is 1.